The molecule has 1 amide bonds. The largest absolute Gasteiger partial charge is 0.352 e. The minimum absolute atomic E-state index is 0. The molecule has 0 radical (unpaired) electrons. The molecule has 3 rings (SSSR count). The molecular formula is C20H28Cl2N4O. The highest BCUT2D eigenvalue weighted by molar-refractivity contribution is 6.30. The number of carbonyl (C=O) groups is 1. The summed E-state index contributed by atoms with van der Waals surface area (Å²) in [5.41, 5.74) is 2.42. The molecule has 27 heavy (non-hydrogen) atoms. The van der Waals surface area contributed by atoms with Crippen molar-refractivity contribution in [1.29, 1.82) is 0 Å². The molecular weight excluding hydrogens is 383 g/mol. The quantitative estimate of drug-likeness (QED) is 0.750. The molecule has 1 aromatic heterocycles. The van der Waals surface area contributed by atoms with Gasteiger partial charge in [-0.2, -0.15) is 5.10 Å². The minimum Gasteiger partial charge on any atom is -0.352 e. The van der Waals surface area contributed by atoms with Crippen molar-refractivity contribution in [2.75, 3.05) is 19.6 Å². The SMILES string of the molecule is CC(C)c1c(C(=O)NCCC2CCCNC2)cnn1-c1cccc(Cl)c1.Cl. The maximum absolute atomic E-state index is 12.7. The maximum Gasteiger partial charge on any atom is 0.254 e. The van der Waals surface area contributed by atoms with Crippen LogP contribution in [-0.4, -0.2) is 35.3 Å². The number of hydrogen-bond acceptors (Lipinski definition) is 3. The van der Waals surface area contributed by atoms with E-state index in [1.807, 2.05) is 28.9 Å². The van der Waals surface area contributed by atoms with Gasteiger partial charge in [-0.05, 0) is 62.4 Å². The van der Waals surface area contributed by atoms with Crippen LogP contribution in [0.3, 0.4) is 0 Å². The number of amides is 1. The zero-order chi connectivity index (χ0) is 18.5. The molecule has 148 valence electrons. The highest BCUT2D eigenvalue weighted by Gasteiger charge is 2.21. The van der Waals surface area contributed by atoms with E-state index in [0.29, 0.717) is 23.0 Å². The third kappa shape index (κ3) is 5.47. The van der Waals surface area contributed by atoms with Crippen LogP contribution >= 0.6 is 24.0 Å². The molecule has 0 saturated carbocycles. The third-order valence-corrected chi connectivity index (χ3v) is 5.12. The van der Waals surface area contributed by atoms with Crippen LogP contribution in [0.5, 0.6) is 0 Å². The van der Waals surface area contributed by atoms with Gasteiger partial charge in [0.25, 0.3) is 5.91 Å². The second-order valence-electron chi connectivity index (χ2n) is 7.25. The summed E-state index contributed by atoms with van der Waals surface area (Å²) in [4.78, 5) is 12.7. The number of halogens is 2. The third-order valence-electron chi connectivity index (χ3n) is 4.89. The van der Waals surface area contributed by atoms with E-state index in [4.69, 9.17) is 11.6 Å². The van der Waals surface area contributed by atoms with Crippen LogP contribution < -0.4 is 10.6 Å². The predicted octanol–water partition coefficient (Wildman–Crippen LogP) is 4.19. The molecule has 1 aliphatic rings. The summed E-state index contributed by atoms with van der Waals surface area (Å²) in [5, 5.41) is 11.6. The van der Waals surface area contributed by atoms with Crippen molar-refractivity contribution in [3.63, 3.8) is 0 Å². The molecule has 0 aliphatic carbocycles. The number of hydrogen-bond donors (Lipinski definition) is 2. The Bertz CT molecular complexity index is 754. The van der Waals surface area contributed by atoms with Crippen molar-refractivity contribution in [3.05, 3.63) is 46.7 Å². The first-order valence-electron chi connectivity index (χ1n) is 9.39. The molecule has 1 aliphatic heterocycles. The summed E-state index contributed by atoms with van der Waals surface area (Å²) >= 11 is 6.11. The van der Waals surface area contributed by atoms with Gasteiger partial charge < -0.3 is 10.6 Å². The van der Waals surface area contributed by atoms with Gasteiger partial charge in [0.1, 0.15) is 0 Å². The van der Waals surface area contributed by atoms with Gasteiger partial charge in [-0.3, -0.25) is 4.79 Å². The van der Waals surface area contributed by atoms with Crippen LogP contribution in [0, 0.1) is 5.92 Å². The highest BCUT2D eigenvalue weighted by Crippen LogP contribution is 2.24. The fourth-order valence-corrected chi connectivity index (χ4v) is 3.74. The summed E-state index contributed by atoms with van der Waals surface area (Å²) in [5.74, 6) is 0.772. The first-order chi connectivity index (χ1) is 12.6. The zero-order valence-electron chi connectivity index (χ0n) is 15.9. The summed E-state index contributed by atoms with van der Waals surface area (Å²) in [6.45, 7) is 7.01. The Morgan fingerprint density at radius 1 is 1.44 bits per heavy atom. The van der Waals surface area contributed by atoms with E-state index in [0.717, 1.165) is 30.9 Å². The van der Waals surface area contributed by atoms with E-state index in [1.54, 1.807) is 6.20 Å². The number of benzene rings is 1. The van der Waals surface area contributed by atoms with Gasteiger partial charge in [-0.15, -0.1) is 12.4 Å². The lowest BCUT2D eigenvalue weighted by molar-refractivity contribution is 0.0949. The summed E-state index contributed by atoms with van der Waals surface area (Å²) in [7, 11) is 0. The van der Waals surface area contributed by atoms with E-state index in [1.165, 1.54) is 12.8 Å². The average Bonchev–Trinajstić information content (AvgIpc) is 3.08. The molecule has 2 N–H and O–H groups in total. The molecule has 1 unspecified atom stereocenters. The molecule has 7 heteroatoms. The Morgan fingerprint density at radius 2 is 2.26 bits per heavy atom. The number of nitrogens with one attached hydrogen (secondary N) is 2. The first-order valence-corrected chi connectivity index (χ1v) is 9.77. The van der Waals surface area contributed by atoms with E-state index >= 15 is 0 Å². The Morgan fingerprint density at radius 3 is 2.93 bits per heavy atom. The van der Waals surface area contributed by atoms with E-state index in [9.17, 15) is 4.79 Å². The molecule has 2 aromatic rings. The average molecular weight is 411 g/mol. The lowest BCUT2D eigenvalue weighted by atomic mass is 9.96. The molecule has 0 bridgehead atoms. The Balaban J connectivity index is 0.00000261. The van der Waals surface area contributed by atoms with Gasteiger partial charge >= 0.3 is 0 Å². The molecule has 1 atom stereocenters. The smallest absolute Gasteiger partial charge is 0.254 e. The van der Waals surface area contributed by atoms with Crippen LogP contribution in [0.1, 0.15) is 55.1 Å². The Kier molecular flexibility index (Phi) is 8.14. The summed E-state index contributed by atoms with van der Waals surface area (Å²) < 4.78 is 1.82. The zero-order valence-corrected chi connectivity index (χ0v) is 17.4. The Hall–Kier alpha value is -1.56. The van der Waals surface area contributed by atoms with E-state index in [2.05, 4.69) is 29.6 Å². The molecule has 1 fully saturated rings. The Labute approximate surface area is 172 Å². The van der Waals surface area contributed by atoms with E-state index in [-0.39, 0.29) is 24.2 Å². The molecule has 1 saturated heterocycles. The lowest BCUT2D eigenvalue weighted by Crippen LogP contribution is -2.33. The topological polar surface area (TPSA) is 59.0 Å². The molecule has 2 heterocycles. The van der Waals surface area contributed by atoms with Crippen LogP contribution in [0.2, 0.25) is 5.02 Å². The number of aromatic nitrogens is 2. The van der Waals surface area contributed by atoms with Gasteiger partial charge in [-0.1, -0.05) is 31.5 Å². The van der Waals surface area contributed by atoms with Crippen molar-refractivity contribution in [2.45, 2.75) is 39.0 Å². The van der Waals surface area contributed by atoms with Gasteiger partial charge in [-0.25, -0.2) is 4.68 Å². The second kappa shape index (κ2) is 10.1. The predicted molar refractivity (Wildman–Crippen MR) is 112 cm³/mol. The lowest BCUT2D eigenvalue weighted by Gasteiger charge is -2.22. The van der Waals surface area contributed by atoms with Crippen molar-refractivity contribution < 1.29 is 4.79 Å². The minimum atomic E-state index is -0.0502. The number of carbonyl (C=O) groups excluding carboxylic acids is 1. The highest BCUT2D eigenvalue weighted by atomic mass is 35.5. The standard InChI is InChI=1S/C20H27ClN4O.ClH/c1-14(2)19-18(13-24-25(19)17-7-3-6-16(21)11-17)20(26)23-10-8-15-5-4-9-22-12-15;/h3,6-7,11,13-15,22H,4-5,8-10,12H2,1-2H3,(H,23,26);1H. The van der Waals surface area contributed by atoms with Crippen LogP contribution in [-0.2, 0) is 0 Å². The van der Waals surface area contributed by atoms with Gasteiger partial charge in [0.15, 0.2) is 0 Å². The summed E-state index contributed by atoms with van der Waals surface area (Å²) in [6.07, 6.45) is 5.14. The number of rotatable bonds is 6. The fourth-order valence-electron chi connectivity index (χ4n) is 3.56. The van der Waals surface area contributed by atoms with Crippen molar-refractivity contribution in [1.82, 2.24) is 20.4 Å². The monoisotopic (exact) mass is 410 g/mol. The van der Waals surface area contributed by atoms with Gasteiger partial charge in [0.05, 0.1) is 23.1 Å². The van der Waals surface area contributed by atoms with Gasteiger partial charge in [0.2, 0.25) is 0 Å². The van der Waals surface area contributed by atoms with Crippen LogP contribution in [0.25, 0.3) is 5.69 Å². The maximum atomic E-state index is 12.7. The van der Waals surface area contributed by atoms with Crippen molar-refractivity contribution >= 4 is 29.9 Å². The fraction of sp³-hybridized carbons (Fsp3) is 0.500. The van der Waals surface area contributed by atoms with Gasteiger partial charge in [0, 0.05) is 11.6 Å². The number of nitrogens with zero attached hydrogens (tertiary/aromatic N) is 2. The summed E-state index contributed by atoms with van der Waals surface area (Å²) in [6, 6.07) is 7.53. The number of piperidine rings is 1. The van der Waals surface area contributed by atoms with E-state index < -0.39 is 0 Å². The first kappa shape index (κ1) is 21.7. The second-order valence-corrected chi connectivity index (χ2v) is 7.68. The molecule has 1 aromatic carbocycles. The van der Waals surface area contributed by atoms with Crippen molar-refractivity contribution in [3.8, 4) is 5.69 Å². The van der Waals surface area contributed by atoms with Crippen LogP contribution in [0.4, 0.5) is 0 Å². The molecule has 5 nitrogen and oxygen atoms in total. The van der Waals surface area contributed by atoms with Crippen LogP contribution in [0.15, 0.2) is 30.5 Å². The van der Waals surface area contributed by atoms with Crippen molar-refractivity contribution in [2.24, 2.45) is 5.92 Å². The molecule has 0 spiro atoms. The normalized spacial score (nSPS) is 16.8.